The molecule has 1 aromatic heterocycles. The third-order valence-electron chi connectivity index (χ3n) is 2.62. The van der Waals surface area contributed by atoms with Crippen LogP contribution in [0.15, 0.2) is 22.8 Å². The molecule has 0 saturated carbocycles. The van der Waals surface area contributed by atoms with Crippen LogP contribution < -0.4 is 5.73 Å². The van der Waals surface area contributed by atoms with E-state index in [1.807, 2.05) is 12.1 Å². The Kier molecular flexibility index (Phi) is 4.85. The Morgan fingerprint density at radius 1 is 1.47 bits per heavy atom. The summed E-state index contributed by atoms with van der Waals surface area (Å²) in [6.45, 7) is 5.99. The van der Waals surface area contributed by atoms with E-state index in [2.05, 4.69) is 25.8 Å². The Morgan fingerprint density at radius 2 is 2.20 bits per heavy atom. The number of nitrogens with zero attached hydrogens (tertiary/aromatic N) is 1. The topological polar surface area (TPSA) is 42.4 Å². The van der Waals surface area contributed by atoms with Crippen molar-refractivity contribution in [1.82, 2.24) is 4.90 Å². The molecule has 0 radical (unpaired) electrons. The van der Waals surface area contributed by atoms with Crippen LogP contribution in [-0.2, 0) is 6.54 Å². The Hall–Kier alpha value is -0.800. The minimum absolute atomic E-state index is 0.440. The molecule has 1 atom stereocenters. The minimum Gasteiger partial charge on any atom is -0.468 e. The van der Waals surface area contributed by atoms with Gasteiger partial charge in [0.1, 0.15) is 5.76 Å². The molecule has 2 N–H and O–H groups in total. The lowest BCUT2D eigenvalue weighted by Crippen LogP contribution is -2.38. The van der Waals surface area contributed by atoms with Gasteiger partial charge in [0.05, 0.1) is 12.8 Å². The van der Waals surface area contributed by atoms with Gasteiger partial charge < -0.3 is 10.2 Å². The highest BCUT2D eigenvalue weighted by molar-refractivity contribution is 4.98. The molecule has 1 heterocycles. The first-order valence-corrected chi connectivity index (χ1v) is 5.56. The van der Waals surface area contributed by atoms with Gasteiger partial charge in [0.25, 0.3) is 0 Å². The van der Waals surface area contributed by atoms with Gasteiger partial charge in [-0.05, 0) is 31.5 Å². The lowest BCUT2D eigenvalue weighted by atomic mass is 10.0. The van der Waals surface area contributed by atoms with Crippen molar-refractivity contribution in [3.63, 3.8) is 0 Å². The molecule has 0 spiro atoms. The molecular weight excluding hydrogens is 188 g/mol. The second-order valence-corrected chi connectivity index (χ2v) is 4.51. The van der Waals surface area contributed by atoms with Crippen LogP contribution in [0.4, 0.5) is 0 Å². The fourth-order valence-electron chi connectivity index (χ4n) is 1.78. The van der Waals surface area contributed by atoms with Crippen LogP contribution in [0, 0.1) is 5.92 Å². The maximum absolute atomic E-state index is 5.78. The Morgan fingerprint density at radius 3 is 2.67 bits per heavy atom. The summed E-state index contributed by atoms with van der Waals surface area (Å²) in [5, 5.41) is 0. The molecule has 0 saturated heterocycles. The zero-order valence-corrected chi connectivity index (χ0v) is 9.94. The van der Waals surface area contributed by atoms with E-state index in [1.165, 1.54) is 0 Å². The minimum atomic E-state index is 0.440. The molecule has 15 heavy (non-hydrogen) atoms. The fraction of sp³-hybridized carbons (Fsp3) is 0.667. The molecular formula is C12H22N2O. The van der Waals surface area contributed by atoms with Crippen LogP contribution in [0.25, 0.3) is 0 Å². The average Bonchev–Trinajstić information content (AvgIpc) is 2.66. The van der Waals surface area contributed by atoms with Crippen molar-refractivity contribution in [2.45, 2.75) is 32.9 Å². The molecule has 0 aromatic carbocycles. The van der Waals surface area contributed by atoms with Gasteiger partial charge in [0, 0.05) is 12.6 Å². The van der Waals surface area contributed by atoms with E-state index in [0.717, 1.165) is 18.7 Å². The van der Waals surface area contributed by atoms with Crippen LogP contribution in [0.5, 0.6) is 0 Å². The number of hydrogen-bond acceptors (Lipinski definition) is 3. The smallest absolute Gasteiger partial charge is 0.117 e. The fourth-order valence-corrected chi connectivity index (χ4v) is 1.78. The van der Waals surface area contributed by atoms with Crippen molar-refractivity contribution in [1.29, 1.82) is 0 Å². The molecule has 3 nitrogen and oxygen atoms in total. The first-order chi connectivity index (χ1) is 7.13. The van der Waals surface area contributed by atoms with Crippen molar-refractivity contribution in [3.05, 3.63) is 24.2 Å². The average molecular weight is 210 g/mol. The highest BCUT2D eigenvalue weighted by atomic mass is 16.3. The van der Waals surface area contributed by atoms with E-state index in [1.54, 1.807) is 6.26 Å². The quantitative estimate of drug-likeness (QED) is 0.781. The van der Waals surface area contributed by atoms with E-state index in [4.69, 9.17) is 10.2 Å². The lowest BCUT2D eigenvalue weighted by Gasteiger charge is -2.27. The SMILES string of the molecule is CC(C)CC(CN)N(C)Cc1ccco1. The molecule has 1 rings (SSSR count). The first-order valence-electron chi connectivity index (χ1n) is 5.56. The predicted octanol–water partition coefficient (Wildman–Crippen LogP) is 2.08. The van der Waals surface area contributed by atoms with Crippen LogP contribution in [-0.4, -0.2) is 24.5 Å². The molecule has 1 unspecified atom stereocenters. The monoisotopic (exact) mass is 210 g/mol. The Labute approximate surface area is 92.2 Å². The molecule has 0 amide bonds. The largest absolute Gasteiger partial charge is 0.468 e. The zero-order chi connectivity index (χ0) is 11.3. The van der Waals surface area contributed by atoms with E-state index in [0.29, 0.717) is 18.5 Å². The second-order valence-electron chi connectivity index (χ2n) is 4.51. The van der Waals surface area contributed by atoms with Crippen molar-refractivity contribution in [3.8, 4) is 0 Å². The summed E-state index contributed by atoms with van der Waals surface area (Å²) in [7, 11) is 2.10. The van der Waals surface area contributed by atoms with E-state index in [-0.39, 0.29) is 0 Å². The van der Waals surface area contributed by atoms with Gasteiger partial charge in [0.15, 0.2) is 0 Å². The zero-order valence-electron chi connectivity index (χ0n) is 9.94. The summed E-state index contributed by atoms with van der Waals surface area (Å²) < 4.78 is 5.32. The predicted molar refractivity (Wildman–Crippen MR) is 62.5 cm³/mol. The van der Waals surface area contributed by atoms with Gasteiger partial charge in [0.2, 0.25) is 0 Å². The molecule has 1 aromatic rings. The number of nitrogens with two attached hydrogens (primary N) is 1. The van der Waals surface area contributed by atoms with Gasteiger partial charge in [-0.3, -0.25) is 4.90 Å². The standard InChI is InChI=1S/C12H22N2O/c1-10(2)7-11(8-13)14(3)9-12-5-4-6-15-12/h4-6,10-11H,7-9,13H2,1-3H3. The van der Waals surface area contributed by atoms with Crippen LogP contribution in [0.3, 0.4) is 0 Å². The highest BCUT2D eigenvalue weighted by Gasteiger charge is 2.15. The highest BCUT2D eigenvalue weighted by Crippen LogP contribution is 2.12. The maximum atomic E-state index is 5.78. The molecule has 0 aliphatic heterocycles. The first kappa shape index (κ1) is 12.3. The molecule has 0 fully saturated rings. The summed E-state index contributed by atoms with van der Waals surface area (Å²) >= 11 is 0. The van der Waals surface area contributed by atoms with Gasteiger partial charge in [-0.15, -0.1) is 0 Å². The summed E-state index contributed by atoms with van der Waals surface area (Å²) in [5.74, 6) is 1.68. The summed E-state index contributed by atoms with van der Waals surface area (Å²) in [5.41, 5.74) is 5.78. The third-order valence-corrected chi connectivity index (χ3v) is 2.62. The van der Waals surface area contributed by atoms with Gasteiger partial charge in [-0.2, -0.15) is 0 Å². The Bertz CT molecular complexity index is 257. The van der Waals surface area contributed by atoms with Crippen molar-refractivity contribution < 1.29 is 4.42 Å². The lowest BCUT2D eigenvalue weighted by molar-refractivity contribution is 0.196. The molecule has 3 heteroatoms. The van der Waals surface area contributed by atoms with Crippen LogP contribution >= 0.6 is 0 Å². The van der Waals surface area contributed by atoms with Crippen LogP contribution in [0.1, 0.15) is 26.0 Å². The van der Waals surface area contributed by atoms with E-state index < -0.39 is 0 Å². The van der Waals surface area contributed by atoms with Gasteiger partial charge >= 0.3 is 0 Å². The molecule has 0 aliphatic rings. The summed E-state index contributed by atoms with van der Waals surface area (Å²) in [6.07, 6.45) is 2.84. The molecule has 0 aliphatic carbocycles. The molecule has 86 valence electrons. The van der Waals surface area contributed by atoms with Gasteiger partial charge in [-0.25, -0.2) is 0 Å². The number of likely N-dealkylation sites (N-methyl/N-ethyl adjacent to an activating group) is 1. The third kappa shape index (κ3) is 4.06. The van der Waals surface area contributed by atoms with Crippen molar-refractivity contribution in [2.24, 2.45) is 11.7 Å². The van der Waals surface area contributed by atoms with E-state index >= 15 is 0 Å². The summed E-state index contributed by atoms with van der Waals surface area (Å²) in [6, 6.07) is 4.36. The Balaban J connectivity index is 2.46. The maximum Gasteiger partial charge on any atom is 0.117 e. The van der Waals surface area contributed by atoms with Gasteiger partial charge in [-0.1, -0.05) is 13.8 Å². The second kappa shape index (κ2) is 5.93. The number of rotatable bonds is 6. The van der Waals surface area contributed by atoms with Crippen LogP contribution in [0.2, 0.25) is 0 Å². The normalized spacial score (nSPS) is 13.7. The van der Waals surface area contributed by atoms with Crippen molar-refractivity contribution in [2.75, 3.05) is 13.6 Å². The summed E-state index contributed by atoms with van der Waals surface area (Å²) in [4.78, 5) is 2.26. The van der Waals surface area contributed by atoms with Crippen molar-refractivity contribution >= 4 is 0 Å². The molecule has 0 bridgehead atoms. The number of furan rings is 1. The van der Waals surface area contributed by atoms with E-state index in [9.17, 15) is 0 Å². The number of hydrogen-bond donors (Lipinski definition) is 1.